The molecule has 1 aromatic carbocycles. The SMILES string of the molecule is CCOc1cccc(NC(=O)NCCNC(=O)c2ccco2)c1. The molecule has 1 heterocycles. The van der Waals surface area contributed by atoms with Crippen LogP contribution in [0.2, 0.25) is 0 Å². The number of anilines is 1. The summed E-state index contributed by atoms with van der Waals surface area (Å²) in [5.41, 5.74) is 0.632. The number of hydrogen-bond donors (Lipinski definition) is 3. The topological polar surface area (TPSA) is 92.6 Å². The van der Waals surface area contributed by atoms with E-state index in [1.165, 1.54) is 6.26 Å². The summed E-state index contributed by atoms with van der Waals surface area (Å²) in [6, 6.07) is 9.97. The van der Waals surface area contributed by atoms with E-state index in [-0.39, 0.29) is 17.7 Å². The first-order chi connectivity index (χ1) is 11.2. The lowest BCUT2D eigenvalue weighted by Gasteiger charge is -2.09. The summed E-state index contributed by atoms with van der Waals surface area (Å²) in [7, 11) is 0. The molecule has 3 N–H and O–H groups in total. The lowest BCUT2D eigenvalue weighted by atomic mass is 10.3. The maximum absolute atomic E-state index is 11.8. The molecule has 0 unspecified atom stereocenters. The summed E-state index contributed by atoms with van der Waals surface area (Å²) in [5.74, 6) is 0.611. The first-order valence-electron chi connectivity index (χ1n) is 7.28. The number of urea groups is 1. The lowest BCUT2D eigenvalue weighted by molar-refractivity contribution is 0.0926. The van der Waals surface area contributed by atoms with Gasteiger partial charge < -0.3 is 25.1 Å². The van der Waals surface area contributed by atoms with Crippen LogP contribution in [0.3, 0.4) is 0 Å². The van der Waals surface area contributed by atoms with Gasteiger partial charge in [-0.05, 0) is 31.2 Å². The van der Waals surface area contributed by atoms with Crippen LogP contribution in [0.15, 0.2) is 47.1 Å². The molecule has 1 aromatic heterocycles. The Hall–Kier alpha value is -2.96. The maximum atomic E-state index is 11.8. The molecular formula is C16H19N3O4. The number of ether oxygens (including phenoxy) is 1. The quantitative estimate of drug-likeness (QED) is 0.683. The van der Waals surface area contributed by atoms with E-state index < -0.39 is 0 Å². The Morgan fingerprint density at radius 3 is 2.70 bits per heavy atom. The molecule has 3 amide bonds. The number of amides is 3. The van der Waals surface area contributed by atoms with Gasteiger partial charge in [0.15, 0.2) is 5.76 Å². The Bertz CT molecular complexity index is 641. The van der Waals surface area contributed by atoms with Crippen LogP contribution in [0.25, 0.3) is 0 Å². The molecule has 0 radical (unpaired) electrons. The molecular weight excluding hydrogens is 298 g/mol. The van der Waals surface area contributed by atoms with Gasteiger partial charge in [-0.3, -0.25) is 4.79 Å². The number of carbonyl (C=O) groups excluding carboxylic acids is 2. The van der Waals surface area contributed by atoms with Crippen LogP contribution in [0.4, 0.5) is 10.5 Å². The molecule has 0 spiro atoms. The van der Waals surface area contributed by atoms with E-state index in [1.54, 1.807) is 30.3 Å². The monoisotopic (exact) mass is 317 g/mol. The van der Waals surface area contributed by atoms with Crippen molar-refractivity contribution in [2.24, 2.45) is 0 Å². The third-order valence-corrected chi connectivity index (χ3v) is 2.84. The fraction of sp³-hybridized carbons (Fsp3) is 0.250. The van der Waals surface area contributed by atoms with Crippen molar-refractivity contribution >= 4 is 17.6 Å². The molecule has 0 saturated carbocycles. The Morgan fingerprint density at radius 1 is 1.13 bits per heavy atom. The highest BCUT2D eigenvalue weighted by Crippen LogP contribution is 2.16. The number of rotatable bonds is 7. The van der Waals surface area contributed by atoms with Gasteiger partial charge in [0, 0.05) is 24.8 Å². The Balaban J connectivity index is 1.69. The van der Waals surface area contributed by atoms with Crippen LogP contribution in [0.1, 0.15) is 17.5 Å². The molecule has 0 fully saturated rings. The number of benzene rings is 1. The predicted octanol–water partition coefficient (Wildman–Crippen LogP) is 2.23. The third-order valence-electron chi connectivity index (χ3n) is 2.84. The molecule has 7 nitrogen and oxygen atoms in total. The third kappa shape index (κ3) is 5.39. The van der Waals surface area contributed by atoms with Gasteiger partial charge in [0.2, 0.25) is 0 Å². The number of furan rings is 1. The fourth-order valence-electron chi connectivity index (χ4n) is 1.85. The summed E-state index contributed by atoms with van der Waals surface area (Å²) >= 11 is 0. The lowest BCUT2D eigenvalue weighted by Crippen LogP contribution is -2.36. The first-order valence-corrected chi connectivity index (χ1v) is 7.28. The normalized spacial score (nSPS) is 9.96. The van der Waals surface area contributed by atoms with Crippen molar-refractivity contribution in [1.82, 2.24) is 10.6 Å². The minimum Gasteiger partial charge on any atom is -0.494 e. The highest BCUT2D eigenvalue weighted by Gasteiger charge is 2.07. The van der Waals surface area contributed by atoms with Crippen molar-refractivity contribution in [2.45, 2.75) is 6.92 Å². The van der Waals surface area contributed by atoms with Gasteiger partial charge >= 0.3 is 6.03 Å². The van der Waals surface area contributed by atoms with E-state index in [2.05, 4.69) is 16.0 Å². The minimum atomic E-state index is -0.356. The van der Waals surface area contributed by atoms with Gasteiger partial charge in [-0.2, -0.15) is 0 Å². The molecule has 122 valence electrons. The number of nitrogens with one attached hydrogen (secondary N) is 3. The van der Waals surface area contributed by atoms with Crippen LogP contribution in [0, 0.1) is 0 Å². The van der Waals surface area contributed by atoms with Crippen LogP contribution < -0.4 is 20.7 Å². The van der Waals surface area contributed by atoms with Crippen molar-refractivity contribution in [3.8, 4) is 5.75 Å². The van der Waals surface area contributed by atoms with Gasteiger partial charge in [-0.1, -0.05) is 6.07 Å². The second kappa shape index (κ2) is 8.47. The number of hydrogen-bond acceptors (Lipinski definition) is 4. The van der Waals surface area contributed by atoms with Gasteiger partial charge in [0.05, 0.1) is 12.9 Å². The standard InChI is InChI=1S/C16H19N3O4/c1-2-22-13-6-3-5-12(11-13)19-16(21)18-9-8-17-15(20)14-7-4-10-23-14/h3-7,10-11H,2,8-9H2,1H3,(H,17,20)(H2,18,19,21). The summed E-state index contributed by atoms with van der Waals surface area (Å²) in [5, 5.41) is 7.98. The first kappa shape index (κ1) is 16.4. The number of carbonyl (C=O) groups is 2. The van der Waals surface area contributed by atoms with Gasteiger partial charge in [-0.15, -0.1) is 0 Å². The molecule has 0 atom stereocenters. The van der Waals surface area contributed by atoms with E-state index >= 15 is 0 Å². The van der Waals surface area contributed by atoms with Gasteiger partial charge in [0.25, 0.3) is 5.91 Å². The summed E-state index contributed by atoms with van der Waals surface area (Å²) in [6.07, 6.45) is 1.43. The largest absolute Gasteiger partial charge is 0.494 e. The highest BCUT2D eigenvalue weighted by molar-refractivity contribution is 5.91. The van der Waals surface area contributed by atoms with Gasteiger partial charge in [0.1, 0.15) is 5.75 Å². The van der Waals surface area contributed by atoms with Gasteiger partial charge in [-0.25, -0.2) is 4.79 Å². The average molecular weight is 317 g/mol. The zero-order valence-corrected chi connectivity index (χ0v) is 12.8. The van der Waals surface area contributed by atoms with E-state index in [0.717, 1.165) is 0 Å². The van der Waals surface area contributed by atoms with Crippen molar-refractivity contribution < 1.29 is 18.7 Å². The molecule has 0 aliphatic rings. The zero-order chi connectivity index (χ0) is 16.5. The minimum absolute atomic E-state index is 0.238. The Labute approximate surface area is 134 Å². The van der Waals surface area contributed by atoms with Crippen molar-refractivity contribution in [1.29, 1.82) is 0 Å². The zero-order valence-electron chi connectivity index (χ0n) is 12.8. The second-order valence-electron chi connectivity index (χ2n) is 4.57. The van der Waals surface area contributed by atoms with Crippen molar-refractivity contribution in [3.63, 3.8) is 0 Å². The van der Waals surface area contributed by atoms with E-state index in [9.17, 15) is 9.59 Å². The van der Waals surface area contributed by atoms with Crippen LogP contribution in [-0.4, -0.2) is 31.6 Å². The molecule has 7 heteroatoms. The second-order valence-corrected chi connectivity index (χ2v) is 4.57. The Kier molecular flexibility index (Phi) is 6.05. The predicted molar refractivity (Wildman–Crippen MR) is 85.7 cm³/mol. The molecule has 0 saturated heterocycles. The highest BCUT2D eigenvalue weighted by atomic mass is 16.5. The van der Waals surface area contributed by atoms with E-state index in [1.807, 2.05) is 13.0 Å². The molecule has 2 rings (SSSR count). The van der Waals surface area contributed by atoms with Crippen molar-refractivity contribution in [3.05, 3.63) is 48.4 Å². The Morgan fingerprint density at radius 2 is 1.96 bits per heavy atom. The van der Waals surface area contributed by atoms with Crippen LogP contribution >= 0.6 is 0 Å². The van der Waals surface area contributed by atoms with E-state index in [4.69, 9.17) is 9.15 Å². The fourth-order valence-corrected chi connectivity index (χ4v) is 1.85. The molecule has 23 heavy (non-hydrogen) atoms. The molecule has 0 bridgehead atoms. The summed E-state index contributed by atoms with van der Waals surface area (Å²) in [6.45, 7) is 3.05. The van der Waals surface area contributed by atoms with Crippen molar-refractivity contribution in [2.75, 3.05) is 25.0 Å². The summed E-state index contributed by atoms with van der Waals surface area (Å²) < 4.78 is 10.3. The van der Waals surface area contributed by atoms with Crippen LogP contribution in [-0.2, 0) is 0 Å². The molecule has 0 aliphatic carbocycles. The summed E-state index contributed by atoms with van der Waals surface area (Å²) in [4.78, 5) is 23.4. The smallest absolute Gasteiger partial charge is 0.319 e. The van der Waals surface area contributed by atoms with Crippen LogP contribution in [0.5, 0.6) is 5.75 Å². The maximum Gasteiger partial charge on any atom is 0.319 e. The average Bonchev–Trinajstić information content (AvgIpc) is 3.06. The molecule has 2 aromatic rings. The van der Waals surface area contributed by atoms with E-state index in [0.29, 0.717) is 31.1 Å². The molecule has 0 aliphatic heterocycles.